The molecule has 1 aromatic carbocycles. The summed E-state index contributed by atoms with van der Waals surface area (Å²) in [5.74, 6) is 0.913. The lowest BCUT2D eigenvalue weighted by Gasteiger charge is -2.21. The second-order valence-corrected chi connectivity index (χ2v) is 6.06. The molecule has 1 unspecified atom stereocenters. The summed E-state index contributed by atoms with van der Waals surface area (Å²) >= 11 is 0. The van der Waals surface area contributed by atoms with Gasteiger partial charge in [0.25, 0.3) is 0 Å². The molecule has 1 aromatic rings. The average Bonchev–Trinajstić information content (AvgIpc) is 2.50. The summed E-state index contributed by atoms with van der Waals surface area (Å²) in [6.07, 6.45) is 8.19. The Morgan fingerprint density at radius 2 is 1.90 bits per heavy atom. The van der Waals surface area contributed by atoms with Crippen LogP contribution >= 0.6 is 0 Å². The zero-order valence-electron chi connectivity index (χ0n) is 12.6. The standard InChI is InChI=1S/C17H26N2O2/c18-16(12-14-6-8-15(20)9-7-14)17(21)19-11-10-13-4-2-1-3-5-13/h6-9,13,16,20H,1-5,10-12,18H2,(H,19,21). The second-order valence-electron chi connectivity index (χ2n) is 6.06. The van der Waals surface area contributed by atoms with E-state index < -0.39 is 6.04 Å². The van der Waals surface area contributed by atoms with E-state index in [0.29, 0.717) is 6.42 Å². The molecule has 1 amide bonds. The van der Waals surface area contributed by atoms with Crippen LogP contribution in [0, 0.1) is 5.92 Å². The molecule has 1 aliphatic rings. The second kappa shape index (κ2) is 8.03. The molecular formula is C17H26N2O2. The molecule has 4 nitrogen and oxygen atoms in total. The molecular weight excluding hydrogens is 264 g/mol. The van der Waals surface area contributed by atoms with Crippen LogP contribution in [0.3, 0.4) is 0 Å². The van der Waals surface area contributed by atoms with Crippen molar-refractivity contribution in [2.45, 2.75) is 51.0 Å². The molecule has 1 aliphatic carbocycles. The van der Waals surface area contributed by atoms with Gasteiger partial charge in [0.2, 0.25) is 5.91 Å². The van der Waals surface area contributed by atoms with Gasteiger partial charge in [0.15, 0.2) is 0 Å². The predicted molar refractivity (Wildman–Crippen MR) is 84.0 cm³/mol. The molecule has 116 valence electrons. The first kappa shape index (κ1) is 15.8. The van der Waals surface area contributed by atoms with Crippen molar-refractivity contribution in [2.24, 2.45) is 11.7 Å². The summed E-state index contributed by atoms with van der Waals surface area (Å²) in [6.45, 7) is 0.729. The predicted octanol–water partition coefficient (Wildman–Crippen LogP) is 2.35. The third kappa shape index (κ3) is 5.38. The lowest BCUT2D eigenvalue weighted by atomic mass is 9.87. The van der Waals surface area contributed by atoms with Crippen molar-refractivity contribution in [1.29, 1.82) is 0 Å². The van der Waals surface area contributed by atoms with Crippen molar-refractivity contribution in [3.05, 3.63) is 29.8 Å². The first-order valence-electron chi connectivity index (χ1n) is 7.96. The highest BCUT2D eigenvalue weighted by Crippen LogP contribution is 2.25. The molecule has 4 N–H and O–H groups in total. The van der Waals surface area contributed by atoms with Gasteiger partial charge in [0.05, 0.1) is 6.04 Å². The van der Waals surface area contributed by atoms with Gasteiger partial charge in [-0.25, -0.2) is 0 Å². The Morgan fingerprint density at radius 1 is 1.24 bits per heavy atom. The number of amides is 1. The quantitative estimate of drug-likeness (QED) is 0.753. The van der Waals surface area contributed by atoms with Crippen LogP contribution in [0.2, 0.25) is 0 Å². The van der Waals surface area contributed by atoms with Crippen LogP contribution in [-0.4, -0.2) is 23.6 Å². The van der Waals surface area contributed by atoms with Crippen LogP contribution in [0.4, 0.5) is 0 Å². The van der Waals surface area contributed by atoms with E-state index >= 15 is 0 Å². The van der Waals surface area contributed by atoms with Gasteiger partial charge in [-0.3, -0.25) is 4.79 Å². The maximum atomic E-state index is 12.0. The smallest absolute Gasteiger partial charge is 0.237 e. The maximum absolute atomic E-state index is 12.0. The fraction of sp³-hybridized carbons (Fsp3) is 0.588. The van der Waals surface area contributed by atoms with E-state index in [1.807, 2.05) is 0 Å². The van der Waals surface area contributed by atoms with Gasteiger partial charge >= 0.3 is 0 Å². The molecule has 0 radical (unpaired) electrons. The first-order chi connectivity index (χ1) is 10.1. The number of aromatic hydroxyl groups is 1. The fourth-order valence-electron chi connectivity index (χ4n) is 2.99. The average molecular weight is 290 g/mol. The van der Waals surface area contributed by atoms with E-state index in [1.54, 1.807) is 24.3 Å². The molecule has 4 heteroatoms. The summed E-state index contributed by atoms with van der Waals surface area (Å²) in [6, 6.07) is 6.29. The normalized spacial score (nSPS) is 17.4. The van der Waals surface area contributed by atoms with Crippen LogP contribution in [0.25, 0.3) is 0 Å². The minimum Gasteiger partial charge on any atom is -0.508 e. The number of carbonyl (C=O) groups excluding carboxylic acids is 1. The molecule has 0 heterocycles. The number of nitrogens with one attached hydrogen (secondary N) is 1. The summed E-state index contributed by atoms with van der Waals surface area (Å²) in [4.78, 5) is 12.0. The highest BCUT2D eigenvalue weighted by atomic mass is 16.3. The third-order valence-electron chi connectivity index (χ3n) is 4.31. The van der Waals surface area contributed by atoms with E-state index in [0.717, 1.165) is 24.4 Å². The summed E-state index contributed by atoms with van der Waals surface area (Å²) in [5.41, 5.74) is 6.89. The highest BCUT2D eigenvalue weighted by Gasteiger charge is 2.16. The van der Waals surface area contributed by atoms with Gasteiger partial charge in [-0.15, -0.1) is 0 Å². The largest absolute Gasteiger partial charge is 0.508 e. The molecule has 21 heavy (non-hydrogen) atoms. The monoisotopic (exact) mass is 290 g/mol. The van der Waals surface area contributed by atoms with E-state index in [9.17, 15) is 9.90 Å². The van der Waals surface area contributed by atoms with Crippen LogP contribution < -0.4 is 11.1 Å². The molecule has 1 atom stereocenters. The number of hydrogen-bond donors (Lipinski definition) is 3. The Labute approximate surface area is 126 Å². The summed E-state index contributed by atoms with van der Waals surface area (Å²) in [5, 5.41) is 12.2. The van der Waals surface area contributed by atoms with Crippen LogP contribution in [-0.2, 0) is 11.2 Å². The van der Waals surface area contributed by atoms with E-state index in [-0.39, 0.29) is 11.7 Å². The molecule has 1 fully saturated rings. The molecule has 0 spiro atoms. The number of carbonyl (C=O) groups is 1. The topological polar surface area (TPSA) is 75.3 Å². The van der Waals surface area contributed by atoms with Crippen LogP contribution in [0.5, 0.6) is 5.75 Å². The summed E-state index contributed by atoms with van der Waals surface area (Å²) in [7, 11) is 0. The Kier molecular flexibility index (Phi) is 6.05. The summed E-state index contributed by atoms with van der Waals surface area (Å²) < 4.78 is 0. The van der Waals surface area contributed by atoms with Crippen molar-refractivity contribution in [2.75, 3.05) is 6.54 Å². The minimum atomic E-state index is -0.527. The molecule has 2 rings (SSSR count). The number of rotatable bonds is 6. The van der Waals surface area contributed by atoms with Crippen molar-refractivity contribution in [1.82, 2.24) is 5.32 Å². The van der Waals surface area contributed by atoms with Crippen molar-refractivity contribution >= 4 is 5.91 Å². The Morgan fingerprint density at radius 3 is 2.57 bits per heavy atom. The number of hydrogen-bond acceptors (Lipinski definition) is 3. The van der Waals surface area contributed by atoms with Gasteiger partial charge in [0.1, 0.15) is 5.75 Å². The highest BCUT2D eigenvalue weighted by molar-refractivity contribution is 5.81. The number of phenols is 1. The maximum Gasteiger partial charge on any atom is 0.237 e. The molecule has 0 aliphatic heterocycles. The zero-order chi connectivity index (χ0) is 15.1. The number of nitrogens with two attached hydrogens (primary N) is 1. The Hall–Kier alpha value is -1.55. The fourth-order valence-corrected chi connectivity index (χ4v) is 2.99. The molecule has 0 bridgehead atoms. The third-order valence-corrected chi connectivity index (χ3v) is 4.31. The Bertz CT molecular complexity index is 439. The SMILES string of the molecule is NC(Cc1ccc(O)cc1)C(=O)NCCC1CCCCC1. The van der Waals surface area contributed by atoms with E-state index in [4.69, 9.17) is 5.73 Å². The van der Waals surface area contributed by atoms with Crippen LogP contribution in [0.15, 0.2) is 24.3 Å². The number of phenolic OH excluding ortho intramolecular Hbond substituents is 1. The van der Waals surface area contributed by atoms with Gasteiger partial charge in [-0.1, -0.05) is 44.2 Å². The molecule has 0 saturated heterocycles. The van der Waals surface area contributed by atoms with Crippen molar-refractivity contribution < 1.29 is 9.90 Å². The van der Waals surface area contributed by atoms with Gasteiger partial charge < -0.3 is 16.2 Å². The lowest BCUT2D eigenvalue weighted by Crippen LogP contribution is -2.42. The lowest BCUT2D eigenvalue weighted by molar-refractivity contribution is -0.122. The van der Waals surface area contributed by atoms with E-state index in [2.05, 4.69) is 5.32 Å². The van der Waals surface area contributed by atoms with Gasteiger partial charge in [-0.05, 0) is 36.5 Å². The first-order valence-corrected chi connectivity index (χ1v) is 7.96. The number of benzene rings is 1. The van der Waals surface area contributed by atoms with Crippen molar-refractivity contribution in [3.63, 3.8) is 0 Å². The van der Waals surface area contributed by atoms with Gasteiger partial charge in [0, 0.05) is 6.54 Å². The van der Waals surface area contributed by atoms with Crippen molar-refractivity contribution in [3.8, 4) is 5.75 Å². The zero-order valence-corrected chi connectivity index (χ0v) is 12.6. The van der Waals surface area contributed by atoms with Crippen LogP contribution in [0.1, 0.15) is 44.1 Å². The minimum absolute atomic E-state index is 0.0844. The Balaban J connectivity index is 1.68. The van der Waals surface area contributed by atoms with E-state index in [1.165, 1.54) is 32.1 Å². The molecule has 1 saturated carbocycles. The molecule has 0 aromatic heterocycles. The van der Waals surface area contributed by atoms with Gasteiger partial charge in [-0.2, -0.15) is 0 Å².